The van der Waals surface area contributed by atoms with Crippen LogP contribution < -0.4 is 0 Å². The van der Waals surface area contributed by atoms with Gasteiger partial charge in [0, 0.05) is 36.4 Å². The highest BCUT2D eigenvalue weighted by Gasteiger charge is 2.27. The second-order valence-corrected chi connectivity index (χ2v) is 5.13. The largest absolute Gasteiger partial charge is 0.449 e. The van der Waals surface area contributed by atoms with E-state index in [1.807, 2.05) is 0 Å². The van der Waals surface area contributed by atoms with Crippen molar-refractivity contribution in [1.82, 2.24) is 9.97 Å². The molecule has 0 saturated carbocycles. The van der Waals surface area contributed by atoms with Gasteiger partial charge in [-0.15, -0.1) is 0 Å². The van der Waals surface area contributed by atoms with Gasteiger partial charge < -0.3 is 4.74 Å². The summed E-state index contributed by atoms with van der Waals surface area (Å²) in [6, 6.07) is 12.7. The Kier molecular flexibility index (Phi) is 4.75. The molecule has 3 rings (SSSR count). The summed E-state index contributed by atoms with van der Waals surface area (Å²) < 4.78 is 5.58. The molecule has 7 heteroatoms. The Bertz CT molecular complexity index is 885. The minimum absolute atomic E-state index is 0.129. The highest BCUT2D eigenvalue weighted by atomic mass is 16.6. The number of carbonyl (C=O) groups excluding carboxylic acids is 1. The lowest BCUT2D eigenvalue weighted by Gasteiger charge is -2.18. The number of hydrogen-bond donors (Lipinski definition) is 0. The molecule has 0 aliphatic carbocycles. The number of nitro groups is 1. The number of aromatic nitrogens is 2. The Morgan fingerprint density at radius 1 is 1.00 bits per heavy atom. The van der Waals surface area contributed by atoms with Crippen molar-refractivity contribution in [3.63, 3.8) is 0 Å². The van der Waals surface area contributed by atoms with Crippen molar-refractivity contribution in [3.8, 4) is 0 Å². The fourth-order valence-electron chi connectivity index (χ4n) is 2.38. The molecule has 0 fully saturated rings. The van der Waals surface area contributed by atoms with E-state index in [1.54, 1.807) is 48.7 Å². The van der Waals surface area contributed by atoms with Crippen molar-refractivity contribution in [2.24, 2.45) is 0 Å². The maximum absolute atomic E-state index is 12.4. The third-order valence-corrected chi connectivity index (χ3v) is 3.53. The monoisotopic (exact) mass is 335 g/mol. The minimum Gasteiger partial charge on any atom is -0.449 e. The molecule has 0 spiro atoms. The van der Waals surface area contributed by atoms with Gasteiger partial charge in [-0.2, -0.15) is 0 Å². The maximum atomic E-state index is 12.4. The van der Waals surface area contributed by atoms with E-state index in [-0.39, 0.29) is 16.8 Å². The van der Waals surface area contributed by atoms with Crippen LogP contribution in [-0.4, -0.2) is 20.9 Å². The van der Waals surface area contributed by atoms with Crippen LogP contribution in [0.15, 0.2) is 73.3 Å². The lowest BCUT2D eigenvalue weighted by molar-refractivity contribution is -0.386. The second kappa shape index (κ2) is 7.31. The van der Waals surface area contributed by atoms with Crippen LogP contribution in [0.5, 0.6) is 0 Å². The molecule has 2 heterocycles. The smallest absolute Gasteiger partial charge is 0.340 e. The number of nitro benzene ring substituents is 1. The number of carbonyl (C=O) groups is 1. The number of rotatable bonds is 5. The predicted molar refractivity (Wildman–Crippen MR) is 88.8 cm³/mol. The summed E-state index contributed by atoms with van der Waals surface area (Å²) in [6.07, 6.45) is 5.04. The van der Waals surface area contributed by atoms with E-state index in [0.717, 1.165) is 0 Å². The van der Waals surface area contributed by atoms with Crippen molar-refractivity contribution in [3.05, 3.63) is 100 Å². The van der Waals surface area contributed by atoms with Gasteiger partial charge in [-0.3, -0.25) is 20.1 Å². The van der Waals surface area contributed by atoms with E-state index < -0.39 is 17.0 Å². The molecule has 2 aromatic heterocycles. The molecule has 124 valence electrons. The maximum Gasteiger partial charge on any atom is 0.340 e. The van der Waals surface area contributed by atoms with Crippen LogP contribution in [0.3, 0.4) is 0 Å². The molecule has 0 N–H and O–H groups in total. The molecule has 3 aromatic rings. The first-order chi connectivity index (χ1) is 12.2. The van der Waals surface area contributed by atoms with Gasteiger partial charge >= 0.3 is 5.97 Å². The summed E-state index contributed by atoms with van der Waals surface area (Å²) in [4.78, 5) is 31.2. The molecule has 1 aromatic carbocycles. The van der Waals surface area contributed by atoms with E-state index in [1.165, 1.54) is 24.7 Å². The number of hydrogen-bond acceptors (Lipinski definition) is 6. The first-order valence-corrected chi connectivity index (χ1v) is 7.41. The van der Waals surface area contributed by atoms with Gasteiger partial charge in [-0.1, -0.05) is 18.2 Å². The SMILES string of the molecule is O=C(O[C@@H](c1cccnc1)c1ccccc1[N+](=O)[O-])c1cccnc1. The van der Waals surface area contributed by atoms with Crippen molar-refractivity contribution in [2.75, 3.05) is 0 Å². The lowest BCUT2D eigenvalue weighted by atomic mass is 10.0. The van der Waals surface area contributed by atoms with Crippen LogP contribution >= 0.6 is 0 Å². The van der Waals surface area contributed by atoms with Crippen molar-refractivity contribution in [2.45, 2.75) is 6.10 Å². The van der Waals surface area contributed by atoms with Gasteiger partial charge in [0.1, 0.15) is 0 Å². The van der Waals surface area contributed by atoms with Crippen LogP contribution in [0.2, 0.25) is 0 Å². The molecular weight excluding hydrogens is 322 g/mol. The third kappa shape index (κ3) is 3.66. The van der Waals surface area contributed by atoms with Gasteiger partial charge in [0.2, 0.25) is 0 Å². The molecular formula is C18H13N3O4. The average Bonchev–Trinajstić information content (AvgIpc) is 2.67. The molecule has 0 unspecified atom stereocenters. The molecule has 0 bridgehead atoms. The zero-order chi connectivity index (χ0) is 17.6. The Labute approximate surface area is 143 Å². The minimum atomic E-state index is -0.956. The molecule has 0 amide bonds. The number of para-hydroxylation sites is 1. The van der Waals surface area contributed by atoms with Crippen molar-refractivity contribution in [1.29, 1.82) is 0 Å². The third-order valence-electron chi connectivity index (χ3n) is 3.53. The van der Waals surface area contributed by atoms with Gasteiger partial charge in [-0.05, 0) is 24.3 Å². The molecule has 0 radical (unpaired) electrons. The fraction of sp³-hybridized carbons (Fsp3) is 0.0556. The quantitative estimate of drug-likeness (QED) is 0.403. The Hall–Kier alpha value is -3.61. The van der Waals surface area contributed by atoms with E-state index in [9.17, 15) is 14.9 Å². The highest BCUT2D eigenvalue weighted by Crippen LogP contribution is 2.33. The first-order valence-electron chi connectivity index (χ1n) is 7.41. The molecule has 7 nitrogen and oxygen atoms in total. The summed E-state index contributed by atoms with van der Waals surface area (Å²) >= 11 is 0. The summed E-state index contributed by atoms with van der Waals surface area (Å²) in [5.74, 6) is -0.625. The van der Waals surface area contributed by atoms with E-state index in [4.69, 9.17) is 4.74 Å². The number of pyridine rings is 2. The van der Waals surface area contributed by atoms with Gasteiger partial charge in [0.05, 0.1) is 16.1 Å². The molecule has 25 heavy (non-hydrogen) atoms. The molecule has 0 aliphatic rings. The normalized spacial score (nSPS) is 11.5. The van der Waals surface area contributed by atoms with Gasteiger partial charge in [0.15, 0.2) is 6.10 Å². The standard InChI is InChI=1S/C18H13N3O4/c22-18(14-6-4-10-20-12-14)25-17(13-5-3-9-19-11-13)15-7-1-2-8-16(15)21(23)24/h1-12,17H/t17-/m0/s1. The summed E-state index contributed by atoms with van der Waals surface area (Å²) in [7, 11) is 0. The van der Waals surface area contributed by atoms with E-state index in [2.05, 4.69) is 9.97 Å². The number of ether oxygens (including phenoxy) is 1. The average molecular weight is 335 g/mol. The summed E-state index contributed by atoms with van der Waals surface area (Å²) in [5.41, 5.74) is 0.942. The van der Waals surface area contributed by atoms with Gasteiger partial charge in [-0.25, -0.2) is 4.79 Å². The number of esters is 1. The fourth-order valence-corrected chi connectivity index (χ4v) is 2.38. The molecule has 0 aliphatic heterocycles. The predicted octanol–water partition coefficient (Wildman–Crippen LogP) is 3.33. The first kappa shape index (κ1) is 16.3. The van der Waals surface area contributed by atoms with Gasteiger partial charge in [0.25, 0.3) is 5.69 Å². The Morgan fingerprint density at radius 3 is 2.36 bits per heavy atom. The lowest BCUT2D eigenvalue weighted by Crippen LogP contribution is -2.14. The highest BCUT2D eigenvalue weighted by molar-refractivity contribution is 5.89. The zero-order valence-corrected chi connectivity index (χ0v) is 13.0. The Morgan fingerprint density at radius 2 is 1.72 bits per heavy atom. The van der Waals surface area contributed by atoms with Crippen LogP contribution in [0.1, 0.15) is 27.6 Å². The van der Waals surface area contributed by atoms with Crippen LogP contribution in [0.25, 0.3) is 0 Å². The summed E-state index contributed by atoms with van der Waals surface area (Å²) in [5, 5.41) is 11.4. The number of nitrogens with zero attached hydrogens (tertiary/aromatic N) is 3. The Balaban J connectivity index is 2.03. The topological polar surface area (TPSA) is 95.2 Å². The van der Waals surface area contributed by atoms with Crippen molar-refractivity contribution < 1.29 is 14.5 Å². The van der Waals surface area contributed by atoms with Crippen LogP contribution in [0, 0.1) is 10.1 Å². The number of benzene rings is 1. The summed E-state index contributed by atoms with van der Waals surface area (Å²) in [6.45, 7) is 0. The van der Waals surface area contributed by atoms with E-state index >= 15 is 0 Å². The van der Waals surface area contributed by atoms with Crippen LogP contribution in [0.4, 0.5) is 5.69 Å². The zero-order valence-electron chi connectivity index (χ0n) is 13.0. The van der Waals surface area contributed by atoms with Crippen molar-refractivity contribution >= 4 is 11.7 Å². The molecule has 1 atom stereocenters. The second-order valence-electron chi connectivity index (χ2n) is 5.13. The van der Waals surface area contributed by atoms with Crippen LogP contribution in [-0.2, 0) is 4.74 Å². The molecule has 0 saturated heterocycles. The van der Waals surface area contributed by atoms with E-state index in [0.29, 0.717) is 5.56 Å².